The molecule has 11 heteroatoms. The van der Waals surface area contributed by atoms with Crippen molar-refractivity contribution in [2.24, 2.45) is 27.6 Å². The van der Waals surface area contributed by atoms with Crippen molar-refractivity contribution in [1.82, 2.24) is 19.9 Å². The quantitative estimate of drug-likeness (QED) is 0.0664. The van der Waals surface area contributed by atoms with Crippen LogP contribution in [-0.2, 0) is 17.3 Å². The number of hydrogen-bond acceptors (Lipinski definition) is 5. The first-order valence-electron chi connectivity index (χ1n) is 17.1. The first-order valence-corrected chi connectivity index (χ1v) is 17.5. The van der Waals surface area contributed by atoms with Gasteiger partial charge in [-0.15, -0.1) is 0 Å². The van der Waals surface area contributed by atoms with E-state index in [1.165, 1.54) is 12.8 Å². The van der Waals surface area contributed by atoms with Crippen molar-refractivity contribution in [3.8, 4) is 5.69 Å². The highest BCUT2D eigenvalue weighted by Crippen LogP contribution is 2.48. The number of hydrogen-bond donors (Lipinski definition) is 5. The predicted octanol–water partition coefficient (Wildman–Crippen LogP) is 6.77. The maximum Gasteiger partial charge on any atom is 0.354 e. The molecule has 0 radical (unpaired) electrons. The lowest BCUT2D eigenvalue weighted by Crippen LogP contribution is -2.24. The van der Waals surface area contributed by atoms with Crippen LogP contribution in [0.1, 0.15) is 103 Å². The number of aromatic amines is 1. The van der Waals surface area contributed by atoms with Crippen LogP contribution < -0.4 is 28.2 Å². The second kappa shape index (κ2) is 15.4. The molecule has 0 saturated heterocycles. The SMILES string of the molecule is CC(C)(C)c1cc(CCC2(CN)CC2)cc(Cl)c1F.C[C@H](NCCCN=C(N)N)c1ccc(-n2cc3cc(C(C)(C)C)[nH]c3nc2=O)cc1. The average molecular weight is 693 g/mol. The smallest absolute Gasteiger partial charge is 0.354 e. The fourth-order valence-corrected chi connectivity index (χ4v) is 5.95. The van der Waals surface area contributed by atoms with E-state index >= 15 is 0 Å². The monoisotopic (exact) mass is 692 g/mol. The van der Waals surface area contributed by atoms with Gasteiger partial charge in [0.05, 0.1) is 10.7 Å². The predicted molar refractivity (Wildman–Crippen MR) is 201 cm³/mol. The van der Waals surface area contributed by atoms with Gasteiger partial charge >= 0.3 is 5.69 Å². The number of H-pyrrole nitrogens is 1. The zero-order chi connectivity index (χ0) is 36.1. The molecule has 0 bridgehead atoms. The lowest BCUT2D eigenvalue weighted by atomic mass is 9.84. The van der Waals surface area contributed by atoms with Crippen LogP contribution in [0.4, 0.5) is 4.39 Å². The van der Waals surface area contributed by atoms with Crippen LogP contribution in [0.25, 0.3) is 16.7 Å². The summed E-state index contributed by atoms with van der Waals surface area (Å²) in [5.41, 5.74) is 21.7. The van der Waals surface area contributed by atoms with Crippen molar-refractivity contribution in [2.45, 2.75) is 97.4 Å². The minimum atomic E-state index is -0.302. The molecule has 2 heterocycles. The molecule has 1 aliphatic carbocycles. The zero-order valence-electron chi connectivity index (χ0n) is 30.1. The van der Waals surface area contributed by atoms with Gasteiger partial charge in [0, 0.05) is 35.3 Å². The summed E-state index contributed by atoms with van der Waals surface area (Å²) in [5, 5.41) is 4.60. The van der Waals surface area contributed by atoms with Gasteiger partial charge in [-0.1, -0.05) is 71.3 Å². The molecule has 1 aliphatic rings. The number of rotatable bonds is 11. The molecule has 2 aromatic carbocycles. The molecule has 49 heavy (non-hydrogen) atoms. The first kappa shape index (κ1) is 38.1. The molecule has 0 spiro atoms. The van der Waals surface area contributed by atoms with E-state index in [1.807, 2.05) is 57.3 Å². The van der Waals surface area contributed by atoms with Crippen LogP contribution >= 0.6 is 11.6 Å². The van der Waals surface area contributed by atoms with Gasteiger partial charge in [0.15, 0.2) is 5.96 Å². The lowest BCUT2D eigenvalue weighted by Gasteiger charge is -2.22. The summed E-state index contributed by atoms with van der Waals surface area (Å²) in [6.07, 6.45) is 7.16. The summed E-state index contributed by atoms with van der Waals surface area (Å²) in [7, 11) is 0. The molecule has 5 rings (SSSR count). The number of guanidine groups is 1. The number of benzene rings is 2. The van der Waals surface area contributed by atoms with Gasteiger partial charge in [0.1, 0.15) is 11.5 Å². The number of aromatic nitrogens is 3. The highest BCUT2D eigenvalue weighted by Gasteiger charge is 2.40. The third-order valence-corrected chi connectivity index (χ3v) is 9.57. The Morgan fingerprint density at radius 3 is 2.35 bits per heavy atom. The Morgan fingerprint density at radius 1 is 1.10 bits per heavy atom. The van der Waals surface area contributed by atoms with E-state index in [0.29, 0.717) is 23.2 Å². The topological polar surface area (TPSA) is 153 Å². The van der Waals surface area contributed by atoms with E-state index in [-0.39, 0.29) is 39.4 Å². The molecule has 1 atom stereocenters. The Balaban J connectivity index is 0.000000244. The van der Waals surface area contributed by atoms with E-state index in [4.69, 9.17) is 28.8 Å². The average Bonchev–Trinajstić information content (AvgIpc) is 3.69. The largest absolute Gasteiger partial charge is 0.370 e. The van der Waals surface area contributed by atoms with Crippen molar-refractivity contribution < 1.29 is 4.39 Å². The summed E-state index contributed by atoms with van der Waals surface area (Å²) in [4.78, 5) is 24.0. The second-order valence-electron chi connectivity index (χ2n) is 15.5. The molecule has 1 saturated carbocycles. The van der Waals surface area contributed by atoms with Crippen LogP contribution in [-0.4, -0.2) is 40.1 Å². The molecule has 0 amide bonds. The molecule has 2 aromatic heterocycles. The standard InChI is InChI=1S/C22H31N7O.C16H23ClFN/c1-14(25-10-5-11-26-20(23)24)15-6-8-17(9-7-15)29-13-16-12-18(22(2,3)4)27-19(16)28-21(29)30;1-15(2,3)12-8-11(9-13(17)14(12)18)4-5-16(10-19)6-7-16/h6-9,12-14,25H,5,10-11H2,1-4H3,(H4,23,24,26)(H,27,28,30);8-9H,4-7,10,19H2,1-3H3/t14-;/m0./s1. The van der Waals surface area contributed by atoms with Crippen LogP contribution in [0, 0.1) is 11.2 Å². The van der Waals surface area contributed by atoms with Crippen molar-refractivity contribution in [1.29, 1.82) is 0 Å². The second-order valence-corrected chi connectivity index (χ2v) is 15.9. The van der Waals surface area contributed by atoms with Crippen molar-refractivity contribution in [2.75, 3.05) is 19.6 Å². The normalized spacial score (nSPS) is 14.7. The fourth-order valence-electron chi connectivity index (χ4n) is 5.71. The molecule has 4 aromatic rings. The van der Waals surface area contributed by atoms with Crippen molar-refractivity contribution in [3.63, 3.8) is 0 Å². The number of nitrogens with two attached hydrogens (primary N) is 3. The van der Waals surface area contributed by atoms with Crippen LogP contribution in [0.15, 0.2) is 58.4 Å². The number of nitrogens with one attached hydrogen (secondary N) is 2. The maximum atomic E-state index is 14.1. The summed E-state index contributed by atoms with van der Waals surface area (Å²) in [5.74, 6) is -0.159. The fraction of sp³-hybridized carbons (Fsp3) is 0.500. The lowest BCUT2D eigenvalue weighted by molar-refractivity contribution is 0.477. The van der Waals surface area contributed by atoms with E-state index in [0.717, 1.165) is 60.2 Å². The Kier molecular flexibility index (Phi) is 12.0. The highest BCUT2D eigenvalue weighted by molar-refractivity contribution is 6.30. The van der Waals surface area contributed by atoms with Crippen LogP contribution in [0.3, 0.4) is 0 Å². The third kappa shape index (κ3) is 10.2. The maximum absolute atomic E-state index is 14.1. The summed E-state index contributed by atoms with van der Waals surface area (Å²) in [6.45, 7) is 16.7. The van der Waals surface area contributed by atoms with E-state index in [1.54, 1.807) is 10.6 Å². The van der Waals surface area contributed by atoms with E-state index in [2.05, 4.69) is 54.0 Å². The van der Waals surface area contributed by atoms with E-state index in [9.17, 15) is 9.18 Å². The molecular formula is C38H54ClFN8O. The molecule has 9 nitrogen and oxygen atoms in total. The Morgan fingerprint density at radius 2 is 1.78 bits per heavy atom. The molecule has 0 unspecified atom stereocenters. The summed E-state index contributed by atoms with van der Waals surface area (Å²) < 4.78 is 15.7. The molecule has 1 fully saturated rings. The van der Waals surface area contributed by atoms with Gasteiger partial charge in [-0.3, -0.25) is 9.56 Å². The highest BCUT2D eigenvalue weighted by atomic mass is 35.5. The zero-order valence-corrected chi connectivity index (χ0v) is 30.8. The van der Waals surface area contributed by atoms with Gasteiger partial charge in [-0.25, -0.2) is 9.18 Å². The minimum Gasteiger partial charge on any atom is -0.370 e. The number of fused-ring (bicyclic) bond motifs is 1. The van der Waals surface area contributed by atoms with Crippen molar-refractivity contribution >= 4 is 28.6 Å². The Labute approximate surface area is 294 Å². The number of halogens is 2. The molecule has 8 N–H and O–H groups in total. The molecule has 266 valence electrons. The van der Waals surface area contributed by atoms with Gasteiger partial charge in [0.25, 0.3) is 0 Å². The van der Waals surface area contributed by atoms with Gasteiger partial charge < -0.3 is 27.5 Å². The Bertz CT molecular complexity index is 1810. The van der Waals surface area contributed by atoms with Gasteiger partial charge in [-0.2, -0.15) is 4.98 Å². The van der Waals surface area contributed by atoms with Gasteiger partial charge in [0.2, 0.25) is 0 Å². The summed E-state index contributed by atoms with van der Waals surface area (Å²) >= 11 is 6.02. The van der Waals surface area contributed by atoms with Crippen molar-refractivity contribution in [3.05, 3.63) is 92.4 Å². The number of aryl methyl sites for hydroxylation is 1. The van der Waals surface area contributed by atoms with E-state index < -0.39 is 0 Å². The number of nitrogens with zero attached hydrogens (tertiary/aromatic N) is 3. The molecule has 0 aliphatic heterocycles. The first-order chi connectivity index (χ1) is 22.9. The minimum absolute atomic E-state index is 0.0390. The van der Waals surface area contributed by atoms with Crippen LogP contribution in [0.5, 0.6) is 0 Å². The van der Waals surface area contributed by atoms with Gasteiger partial charge in [-0.05, 0) is 104 Å². The summed E-state index contributed by atoms with van der Waals surface area (Å²) in [6, 6.07) is 13.9. The van der Waals surface area contributed by atoms with Crippen LogP contribution in [0.2, 0.25) is 5.02 Å². The number of aliphatic imine (C=N–C) groups is 1. The Hall–Kier alpha value is -3.73. The molecular weight excluding hydrogens is 639 g/mol. The third-order valence-electron chi connectivity index (χ3n) is 9.30.